The van der Waals surface area contributed by atoms with Crippen LogP contribution in [-0.4, -0.2) is 27.9 Å². The maximum atomic E-state index is 11.7. The highest BCUT2D eigenvalue weighted by Crippen LogP contribution is 2.33. The standard InChI is InChI=1S/C19H18N6O4/c1-12(26)22-13-6-8-14(9-7-13)23-18-17(25(27)28)19(21-11-20-18)24-15-4-3-5-16(10-15)29-2/h3-11H,1-2H3,(H,22,26)(H2,20,21,23,24). The minimum atomic E-state index is -0.559. The molecule has 0 spiro atoms. The van der Waals surface area contributed by atoms with E-state index in [0.717, 1.165) is 0 Å². The molecule has 0 aliphatic heterocycles. The van der Waals surface area contributed by atoms with Crippen LogP contribution in [0.2, 0.25) is 0 Å². The van der Waals surface area contributed by atoms with Gasteiger partial charge in [0.2, 0.25) is 17.5 Å². The van der Waals surface area contributed by atoms with Crippen LogP contribution < -0.4 is 20.7 Å². The fourth-order valence-corrected chi connectivity index (χ4v) is 2.55. The highest BCUT2D eigenvalue weighted by atomic mass is 16.6. The predicted octanol–water partition coefficient (Wildman–Crippen LogP) is 3.84. The van der Waals surface area contributed by atoms with Gasteiger partial charge in [-0.25, -0.2) is 9.97 Å². The topological polar surface area (TPSA) is 131 Å². The lowest BCUT2D eigenvalue weighted by atomic mass is 10.2. The van der Waals surface area contributed by atoms with Gasteiger partial charge in [-0.15, -0.1) is 0 Å². The number of hydrogen-bond donors (Lipinski definition) is 3. The van der Waals surface area contributed by atoms with Crippen LogP contribution in [0.15, 0.2) is 54.9 Å². The minimum Gasteiger partial charge on any atom is -0.497 e. The summed E-state index contributed by atoms with van der Waals surface area (Å²) >= 11 is 0. The number of carbonyl (C=O) groups is 1. The number of aromatic nitrogens is 2. The lowest BCUT2D eigenvalue weighted by molar-refractivity contribution is -0.383. The van der Waals surface area contributed by atoms with Gasteiger partial charge in [0.25, 0.3) is 0 Å². The van der Waals surface area contributed by atoms with E-state index in [1.807, 2.05) is 0 Å². The molecule has 10 heteroatoms. The molecule has 3 aromatic rings. The number of carbonyl (C=O) groups excluding carboxylic acids is 1. The number of anilines is 5. The highest BCUT2D eigenvalue weighted by Gasteiger charge is 2.23. The number of rotatable bonds is 7. The molecule has 0 radical (unpaired) electrons. The van der Waals surface area contributed by atoms with Gasteiger partial charge in [-0.2, -0.15) is 0 Å². The second-order valence-electron chi connectivity index (χ2n) is 5.92. The van der Waals surface area contributed by atoms with E-state index in [4.69, 9.17) is 4.74 Å². The fourth-order valence-electron chi connectivity index (χ4n) is 2.55. The molecule has 0 unspecified atom stereocenters. The van der Waals surface area contributed by atoms with Crippen LogP contribution in [0.25, 0.3) is 0 Å². The molecule has 10 nitrogen and oxygen atoms in total. The lowest BCUT2D eigenvalue weighted by Crippen LogP contribution is -2.06. The fraction of sp³-hybridized carbons (Fsp3) is 0.105. The molecule has 0 aliphatic rings. The van der Waals surface area contributed by atoms with Crippen molar-refractivity contribution in [1.82, 2.24) is 9.97 Å². The van der Waals surface area contributed by atoms with E-state index in [9.17, 15) is 14.9 Å². The molecule has 1 aromatic heterocycles. The average molecular weight is 394 g/mol. The molecule has 0 saturated carbocycles. The van der Waals surface area contributed by atoms with Crippen molar-refractivity contribution in [1.29, 1.82) is 0 Å². The van der Waals surface area contributed by atoms with Gasteiger partial charge in [0.15, 0.2) is 0 Å². The third kappa shape index (κ3) is 4.95. The Morgan fingerprint density at radius 1 is 1.00 bits per heavy atom. The van der Waals surface area contributed by atoms with Crippen LogP contribution in [0.1, 0.15) is 6.92 Å². The number of nitrogens with zero attached hydrogens (tertiary/aromatic N) is 3. The summed E-state index contributed by atoms with van der Waals surface area (Å²) in [6.45, 7) is 1.41. The Balaban J connectivity index is 1.88. The molecular formula is C19H18N6O4. The van der Waals surface area contributed by atoms with E-state index in [1.165, 1.54) is 20.4 Å². The molecule has 3 N–H and O–H groups in total. The van der Waals surface area contributed by atoms with Gasteiger partial charge < -0.3 is 20.7 Å². The van der Waals surface area contributed by atoms with Crippen molar-refractivity contribution in [2.24, 2.45) is 0 Å². The number of nitro groups is 1. The van der Waals surface area contributed by atoms with E-state index >= 15 is 0 Å². The van der Waals surface area contributed by atoms with Crippen LogP contribution in [-0.2, 0) is 4.79 Å². The molecule has 0 atom stereocenters. The summed E-state index contributed by atoms with van der Waals surface area (Å²) in [6.07, 6.45) is 1.23. The van der Waals surface area contributed by atoms with Crippen LogP contribution in [0.3, 0.4) is 0 Å². The van der Waals surface area contributed by atoms with Gasteiger partial charge in [-0.3, -0.25) is 14.9 Å². The third-order valence-corrected chi connectivity index (χ3v) is 3.81. The number of amides is 1. The molecule has 0 bridgehead atoms. The zero-order valence-electron chi connectivity index (χ0n) is 15.7. The van der Waals surface area contributed by atoms with Gasteiger partial charge in [0.1, 0.15) is 12.1 Å². The van der Waals surface area contributed by atoms with Gasteiger partial charge in [0.05, 0.1) is 12.0 Å². The maximum Gasteiger partial charge on any atom is 0.353 e. The Hall–Kier alpha value is -4.21. The minimum absolute atomic E-state index is 0.0303. The Morgan fingerprint density at radius 2 is 1.62 bits per heavy atom. The monoisotopic (exact) mass is 394 g/mol. The molecule has 29 heavy (non-hydrogen) atoms. The molecule has 2 aromatic carbocycles. The molecule has 3 rings (SSSR count). The van der Waals surface area contributed by atoms with Gasteiger partial charge in [-0.1, -0.05) is 6.07 Å². The largest absolute Gasteiger partial charge is 0.497 e. The molecule has 1 amide bonds. The number of hydrogen-bond acceptors (Lipinski definition) is 8. The molecule has 148 valence electrons. The second kappa shape index (κ2) is 8.65. The Bertz CT molecular complexity index is 1040. The molecule has 1 heterocycles. The second-order valence-corrected chi connectivity index (χ2v) is 5.92. The smallest absolute Gasteiger partial charge is 0.353 e. The number of benzene rings is 2. The van der Waals surface area contributed by atoms with Crippen molar-refractivity contribution in [2.75, 3.05) is 23.1 Å². The summed E-state index contributed by atoms with van der Waals surface area (Å²) in [5.41, 5.74) is 1.45. The highest BCUT2D eigenvalue weighted by molar-refractivity contribution is 5.89. The van der Waals surface area contributed by atoms with Gasteiger partial charge >= 0.3 is 5.69 Å². The normalized spacial score (nSPS) is 10.1. The van der Waals surface area contributed by atoms with Crippen LogP contribution in [0.5, 0.6) is 5.75 Å². The Labute approximate surface area is 166 Å². The number of methoxy groups -OCH3 is 1. The van der Waals surface area contributed by atoms with Crippen molar-refractivity contribution >= 4 is 40.3 Å². The van der Waals surface area contributed by atoms with Crippen molar-refractivity contribution in [3.63, 3.8) is 0 Å². The van der Waals surface area contributed by atoms with Crippen molar-refractivity contribution in [3.8, 4) is 5.75 Å². The third-order valence-electron chi connectivity index (χ3n) is 3.81. The summed E-state index contributed by atoms with van der Waals surface area (Å²) in [5, 5.41) is 20.2. The predicted molar refractivity (Wildman–Crippen MR) is 109 cm³/mol. The van der Waals surface area contributed by atoms with Crippen molar-refractivity contribution < 1.29 is 14.5 Å². The number of ether oxygens (including phenoxy) is 1. The summed E-state index contributed by atoms with van der Waals surface area (Å²) < 4.78 is 5.16. The van der Waals surface area contributed by atoms with E-state index in [2.05, 4.69) is 25.9 Å². The van der Waals surface area contributed by atoms with Crippen molar-refractivity contribution in [2.45, 2.75) is 6.92 Å². The maximum absolute atomic E-state index is 11.7. The van der Waals surface area contributed by atoms with Crippen LogP contribution in [0, 0.1) is 10.1 Å². The van der Waals surface area contributed by atoms with Crippen LogP contribution >= 0.6 is 0 Å². The van der Waals surface area contributed by atoms with Crippen molar-refractivity contribution in [3.05, 3.63) is 65.0 Å². The summed E-state index contributed by atoms with van der Waals surface area (Å²) in [5.74, 6) is 0.480. The summed E-state index contributed by atoms with van der Waals surface area (Å²) in [6, 6.07) is 13.6. The van der Waals surface area contributed by atoms with E-state index in [-0.39, 0.29) is 23.2 Å². The first kappa shape index (κ1) is 19.5. The van der Waals surface area contributed by atoms with E-state index in [0.29, 0.717) is 22.8 Å². The first-order chi connectivity index (χ1) is 14.0. The zero-order valence-corrected chi connectivity index (χ0v) is 15.7. The molecule has 0 fully saturated rings. The Morgan fingerprint density at radius 3 is 2.21 bits per heavy atom. The lowest BCUT2D eigenvalue weighted by Gasteiger charge is -2.11. The summed E-state index contributed by atoms with van der Waals surface area (Å²) in [4.78, 5) is 30.3. The molecule has 0 aliphatic carbocycles. The molecular weight excluding hydrogens is 376 g/mol. The zero-order chi connectivity index (χ0) is 20.8. The van der Waals surface area contributed by atoms with E-state index < -0.39 is 4.92 Å². The quantitative estimate of drug-likeness (QED) is 0.407. The first-order valence-corrected chi connectivity index (χ1v) is 8.51. The average Bonchev–Trinajstić information content (AvgIpc) is 2.69. The molecule has 0 saturated heterocycles. The summed E-state index contributed by atoms with van der Waals surface area (Å²) in [7, 11) is 1.53. The van der Waals surface area contributed by atoms with Gasteiger partial charge in [0, 0.05) is 30.1 Å². The number of nitrogens with one attached hydrogen (secondary N) is 3. The van der Waals surface area contributed by atoms with Crippen LogP contribution in [0.4, 0.5) is 34.4 Å². The van der Waals surface area contributed by atoms with E-state index in [1.54, 1.807) is 48.5 Å². The Kier molecular flexibility index (Phi) is 5.83. The SMILES string of the molecule is COc1cccc(Nc2ncnc(Nc3ccc(NC(C)=O)cc3)c2[N+](=O)[O-])c1. The van der Waals surface area contributed by atoms with Gasteiger partial charge in [-0.05, 0) is 36.4 Å². The first-order valence-electron chi connectivity index (χ1n) is 8.51.